The summed E-state index contributed by atoms with van der Waals surface area (Å²) in [6.07, 6.45) is 2.33. The number of methoxy groups -OCH3 is 1. The van der Waals surface area contributed by atoms with Crippen LogP contribution in [0.15, 0.2) is 29.8 Å². The lowest BCUT2D eigenvalue weighted by atomic mass is 10.1. The molecule has 0 bridgehead atoms. The van der Waals surface area contributed by atoms with E-state index < -0.39 is 8.07 Å². The summed E-state index contributed by atoms with van der Waals surface area (Å²) in [6, 6.07) is 8.10. The quantitative estimate of drug-likeness (QED) is 0.259. The molecule has 0 radical (unpaired) electrons. The zero-order chi connectivity index (χ0) is 19.9. The molecule has 1 aromatic rings. The van der Waals surface area contributed by atoms with Crippen molar-refractivity contribution in [2.45, 2.75) is 71.5 Å². The van der Waals surface area contributed by atoms with Gasteiger partial charge in [-0.05, 0) is 35.2 Å². The number of ether oxygens (including phenoxy) is 1. The first-order valence-corrected chi connectivity index (χ1v) is 11.7. The number of hydrogen-bond acceptors (Lipinski definition) is 2. The average Bonchev–Trinajstić information content (AvgIpc) is 2.55. The Morgan fingerprint density at radius 3 is 2.15 bits per heavy atom. The summed E-state index contributed by atoms with van der Waals surface area (Å²) in [5.41, 5.74) is 8.21. The number of esters is 1. The summed E-state index contributed by atoms with van der Waals surface area (Å²) in [5, 5.41) is 0. The lowest BCUT2D eigenvalue weighted by Gasteiger charge is -2.38. The fraction of sp³-hybridized carbons (Fsp3) is 0.522. The van der Waals surface area contributed by atoms with Crippen LogP contribution < -0.4 is 0 Å². The van der Waals surface area contributed by atoms with Crippen molar-refractivity contribution in [2.24, 2.45) is 0 Å². The van der Waals surface area contributed by atoms with Gasteiger partial charge in [-0.3, -0.25) is 0 Å². The number of hydrogen-bond donors (Lipinski definition) is 0. The van der Waals surface area contributed by atoms with Crippen LogP contribution >= 0.6 is 0 Å². The Hall–Kier alpha value is -1.79. The second kappa shape index (κ2) is 9.78. The van der Waals surface area contributed by atoms with Gasteiger partial charge < -0.3 is 4.74 Å². The van der Waals surface area contributed by atoms with Crippen LogP contribution in [0.2, 0.25) is 16.6 Å². The third-order valence-electron chi connectivity index (χ3n) is 5.28. The van der Waals surface area contributed by atoms with Crippen LogP contribution in [0.5, 0.6) is 0 Å². The van der Waals surface area contributed by atoms with Crippen LogP contribution in [-0.4, -0.2) is 21.2 Å². The predicted octanol–water partition coefficient (Wildman–Crippen LogP) is 6.16. The minimum atomic E-state index is -1.78. The molecule has 2 nitrogen and oxygen atoms in total. The normalized spacial score (nSPS) is 12.3. The summed E-state index contributed by atoms with van der Waals surface area (Å²) in [7, 11) is -0.355. The molecular weight excluding hydrogens is 336 g/mol. The third kappa shape index (κ3) is 5.35. The van der Waals surface area contributed by atoms with E-state index in [9.17, 15) is 4.79 Å². The van der Waals surface area contributed by atoms with E-state index in [-0.39, 0.29) is 5.97 Å². The van der Waals surface area contributed by atoms with Crippen molar-refractivity contribution in [3.8, 4) is 11.5 Å². The highest BCUT2D eigenvalue weighted by atomic mass is 28.3. The Morgan fingerprint density at radius 1 is 1.12 bits per heavy atom. The minimum absolute atomic E-state index is 0.299. The molecule has 0 amide bonds. The molecule has 0 aliphatic rings. The van der Waals surface area contributed by atoms with Crippen molar-refractivity contribution >= 4 is 20.1 Å². The minimum Gasteiger partial charge on any atom is -0.466 e. The first-order chi connectivity index (χ1) is 12.1. The van der Waals surface area contributed by atoms with E-state index in [0.29, 0.717) is 28.6 Å². The fourth-order valence-electron chi connectivity index (χ4n) is 4.00. The van der Waals surface area contributed by atoms with Crippen LogP contribution in [0.3, 0.4) is 0 Å². The average molecular weight is 371 g/mol. The number of aryl methyl sites for hydroxylation is 1. The smallest absolute Gasteiger partial charge is 0.334 e. The van der Waals surface area contributed by atoms with Gasteiger partial charge in [-0.1, -0.05) is 71.4 Å². The van der Waals surface area contributed by atoms with E-state index in [4.69, 9.17) is 4.74 Å². The van der Waals surface area contributed by atoms with Gasteiger partial charge in [0.25, 0.3) is 0 Å². The van der Waals surface area contributed by atoms with E-state index in [1.165, 1.54) is 12.7 Å². The van der Waals surface area contributed by atoms with Gasteiger partial charge in [-0.25, -0.2) is 4.79 Å². The third-order valence-corrected chi connectivity index (χ3v) is 11.6. The maximum absolute atomic E-state index is 12.2. The van der Waals surface area contributed by atoms with Gasteiger partial charge in [0, 0.05) is 12.0 Å². The Balaban J connectivity index is 3.23. The highest BCUT2D eigenvalue weighted by molar-refractivity contribution is 6.90. The highest BCUT2D eigenvalue weighted by Crippen LogP contribution is 2.40. The molecule has 142 valence electrons. The number of benzene rings is 1. The molecule has 0 aliphatic carbocycles. The molecule has 0 fully saturated rings. The number of carbonyl (C=O) groups is 1. The molecule has 3 heteroatoms. The van der Waals surface area contributed by atoms with Crippen molar-refractivity contribution in [3.63, 3.8) is 0 Å². The maximum Gasteiger partial charge on any atom is 0.334 e. The first kappa shape index (κ1) is 22.2. The molecule has 1 rings (SSSR count). The largest absolute Gasteiger partial charge is 0.466 e. The molecule has 0 atom stereocenters. The lowest BCUT2D eigenvalue weighted by Crippen LogP contribution is -2.43. The lowest BCUT2D eigenvalue weighted by molar-refractivity contribution is -0.136. The fourth-order valence-corrected chi connectivity index (χ4v) is 9.26. The Labute approximate surface area is 161 Å². The molecule has 0 saturated heterocycles. The van der Waals surface area contributed by atoms with Crippen LogP contribution in [0.4, 0.5) is 0 Å². The van der Waals surface area contributed by atoms with Gasteiger partial charge >= 0.3 is 5.97 Å². The van der Waals surface area contributed by atoms with E-state index in [2.05, 4.69) is 59.1 Å². The highest BCUT2D eigenvalue weighted by Gasteiger charge is 2.41. The van der Waals surface area contributed by atoms with Crippen LogP contribution in [0.1, 0.15) is 59.1 Å². The molecule has 0 unspecified atom stereocenters. The van der Waals surface area contributed by atoms with Gasteiger partial charge in [0.15, 0.2) is 0 Å². The topological polar surface area (TPSA) is 26.3 Å². The van der Waals surface area contributed by atoms with Gasteiger partial charge in [0.05, 0.1) is 7.11 Å². The molecule has 0 aliphatic heterocycles. The molecule has 0 N–H and O–H groups in total. The molecule has 1 aromatic carbocycles. The number of rotatable bonds is 6. The monoisotopic (exact) mass is 370 g/mol. The van der Waals surface area contributed by atoms with E-state index in [0.717, 1.165) is 5.56 Å². The van der Waals surface area contributed by atoms with Crippen LogP contribution in [0.25, 0.3) is 6.08 Å². The van der Waals surface area contributed by atoms with Crippen molar-refractivity contribution in [3.05, 3.63) is 41.0 Å². The predicted molar refractivity (Wildman–Crippen MR) is 115 cm³/mol. The van der Waals surface area contributed by atoms with Gasteiger partial charge in [-0.2, -0.15) is 0 Å². The summed E-state index contributed by atoms with van der Waals surface area (Å²) in [6.45, 7) is 15.8. The summed E-state index contributed by atoms with van der Waals surface area (Å²) < 4.78 is 4.98. The molecule has 0 spiro atoms. The molecule has 0 aromatic heterocycles. The zero-order valence-corrected chi connectivity index (χ0v) is 18.6. The summed E-state index contributed by atoms with van der Waals surface area (Å²) in [4.78, 5) is 12.2. The second-order valence-corrected chi connectivity index (χ2v) is 13.5. The van der Waals surface area contributed by atoms with Crippen molar-refractivity contribution in [1.82, 2.24) is 0 Å². The second-order valence-electron chi connectivity index (χ2n) is 7.95. The molecule has 0 heterocycles. The van der Waals surface area contributed by atoms with E-state index in [1.54, 1.807) is 0 Å². The molecule has 0 saturated carbocycles. The van der Waals surface area contributed by atoms with Crippen LogP contribution in [-0.2, 0) is 9.53 Å². The standard InChI is InChI=1S/C23H34O2Si/c1-17(2)26(18(3)4,19(5)6)14-10-13-22(23(24)25-8)16-21-12-9-11-20(7)15-21/h9,11-12,15-19H,13H2,1-8H3/b22-16-. The summed E-state index contributed by atoms with van der Waals surface area (Å²) >= 11 is 0. The van der Waals surface area contributed by atoms with E-state index >= 15 is 0 Å². The zero-order valence-electron chi connectivity index (χ0n) is 17.6. The number of carbonyl (C=O) groups excluding carboxylic acids is 1. The maximum atomic E-state index is 12.2. The Morgan fingerprint density at radius 2 is 1.69 bits per heavy atom. The van der Waals surface area contributed by atoms with Gasteiger partial charge in [0.1, 0.15) is 8.07 Å². The van der Waals surface area contributed by atoms with Gasteiger partial charge in [0.2, 0.25) is 0 Å². The summed E-state index contributed by atoms with van der Waals surface area (Å²) in [5.74, 6) is 3.06. The Kier molecular flexibility index (Phi) is 8.37. The van der Waals surface area contributed by atoms with Gasteiger partial charge in [-0.15, -0.1) is 11.5 Å². The first-order valence-electron chi connectivity index (χ1n) is 9.50. The van der Waals surface area contributed by atoms with Crippen molar-refractivity contribution < 1.29 is 9.53 Å². The molecular formula is C23H34O2Si. The van der Waals surface area contributed by atoms with Crippen molar-refractivity contribution in [2.75, 3.05) is 7.11 Å². The molecule has 26 heavy (non-hydrogen) atoms. The van der Waals surface area contributed by atoms with E-state index in [1.807, 2.05) is 31.2 Å². The van der Waals surface area contributed by atoms with Crippen LogP contribution in [0, 0.1) is 18.4 Å². The Bertz CT molecular complexity index is 681. The van der Waals surface area contributed by atoms with Crippen molar-refractivity contribution in [1.29, 1.82) is 0 Å². The SMILES string of the molecule is COC(=O)/C(=C\c1cccc(C)c1)CC#C[Si](C(C)C)(C(C)C)C(C)C.